The number of nitrogens with two attached hydrogens (primary N) is 1. The molecular weight excluding hydrogens is 238 g/mol. The van der Waals surface area contributed by atoms with Gasteiger partial charge in [0.1, 0.15) is 0 Å². The van der Waals surface area contributed by atoms with E-state index in [1.165, 1.54) is 0 Å². The second-order valence-electron chi connectivity index (χ2n) is 4.97. The second-order valence-corrected chi connectivity index (χ2v) is 4.97. The molecule has 3 N–H and O–H groups in total. The van der Waals surface area contributed by atoms with Gasteiger partial charge in [-0.1, -0.05) is 25.1 Å². The number of hydrogen-bond acceptors (Lipinski definition) is 3. The highest BCUT2D eigenvalue weighted by Gasteiger charge is 2.13. The highest BCUT2D eigenvalue weighted by molar-refractivity contribution is 5.93. The molecule has 0 fully saturated rings. The summed E-state index contributed by atoms with van der Waals surface area (Å²) in [5.41, 5.74) is 7.44. The Balaban J connectivity index is 2.63. The van der Waals surface area contributed by atoms with E-state index >= 15 is 0 Å². The molecule has 1 aromatic rings. The second kappa shape index (κ2) is 7.92. The molecule has 0 spiro atoms. The first-order valence-corrected chi connectivity index (χ1v) is 6.90. The Morgan fingerprint density at radius 2 is 2.05 bits per heavy atom. The van der Waals surface area contributed by atoms with Crippen LogP contribution >= 0.6 is 0 Å². The van der Waals surface area contributed by atoms with Crippen LogP contribution in [0.4, 0.5) is 5.69 Å². The molecule has 0 radical (unpaired) electrons. The first kappa shape index (κ1) is 15.7. The Morgan fingerprint density at radius 3 is 2.63 bits per heavy atom. The van der Waals surface area contributed by atoms with Gasteiger partial charge in [0.2, 0.25) is 5.91 Å². The van der Waals surface area contributed by atoms with E-state index in [2.05, 4.69) is 31.0 Å². The van der Waals surface area contributed by atoms with Crippen molar-refractivity contribution in [3.8, 4) is 0 Å². The molecule has 0 atom stereocenters. The lowest BCUT2D eigenvalue weighted by molar-refractivity contribution is -0.117. The van der Waals surface area contributed by atoms with Gasteiger partial charge in [0.25, 0.3) is 0 Å². The third-order valence-electron chi connectivity index (χ3n) is 3.10. The van der Waals surface area contributed by atoms with Gasteiger partial charge in [0.15, 0.2) is 0 Å². The molecule has 0 aliphatic heterocycles. The lowest BCUT2D eigenvalue weighted by atomic mass is 10.2. The van der Waals surface area contributed by atoms with Crippen molar-refractivity contribution in [3.63, 3.8) is 0 Å². The Hall–Kier alpha value is -1.39. The zero-order valence-electron chi connectivity index (χ0n) is 12.1. The SMILES string of the molecule is CCCN(CC(=O)Nc1ccccc1CN)C(C)C. The summed E-state index contributed by atoms with van der Waals surface area (Å²) in [7, 11) is 0. The van der Waals surface area contributed by atoms with E-state index in [4.69, 9.17) is 5.73 Å². The average molecular weight is 263 g/mol. The third kappa shape index (κ3) is 5.01. The summed E-state index contributed by atoms with van der Waals surface area (Å²) in [5.74, 6) is 0.0167. The van der Waals surface area contributed by atoms with Gasteiger partial charge in [0.05, 0.1) is 6.54 Å². The molecule has 19 heavy (non-hydrogen) atoms. The van der Waals surface area contributed by atoms with Gasteiger partial charge >= 0.3 is 0 Å². The Bertz CT molecular complexity index is 404. The summed E-state index contributed by atoms with van der Waals surface area (Å²) < 4.78 is 0. The zero-order chi connectivity index (χ0) is 14.3. The van der Waals surface area contributed by atoms with Crippen LogP contribution in [-0.2, 0) is 11.3 Å². The average Bonchev–Trinajstić information content (AvgIpc) is 2.38. The van der Waals surface area contributed by atoms with Crippen LogP contribution in [0.2, 0.25) is 0 Å². The van der Waals surface area contributed by atoms with Crippen LogP contribution in [0.5, 0.6) is 0 Å². The summed E-state index contributed by atoms with van der Waals surface area (Å²) in [6, 6.07) is 8.02. The highest BCUT2D eigenvalue weighted by atomic mass is 16.2. The molecule has 0 aromatic heterocycles. The maximum atomic E-state index is 12.1. The van der Waals surface area contributed by atoms with E-state index in [1.54, 1.807) is 0 Å². The third-order valence-corrected chi connectivity index (χ3v) is 3.10. The van der Waals surface area contributed by atoms with E-state index < -0.39 is 0 Å². The number of carbonyl (C=O) groups excluding carboxylic acids is 1. The minimum atomic E-state index is 0.0167. The van der Waals surface area contributed by atoms with Gasteiger partial charge in [-0.15, -0.1) is 0 Å². The highest BCUT2D eigenvalue weighted by Crippen LogP contribution is 2.14. The van der Waals surface area contributed by atoms with Gasteiger partial charge in [-0.25, -0.2) is 0 Å². The number of anilines is 1. The Morgan fingerprint density at radius 1 is 1.37 bits per heavy atom. The van der Waals surface area contributed by atoms with Crippen LogP contribution in [0.3, 0.4) is 0 Å². The predicted molar refractivity (Wildman–Crippen MR) is 80.0 cm³/mol. The Labute approximate surface area is 116 Å². The van der Waals surface area contributed by atoms with Crippen molar-refractivity contribution in [2.75, 3.05) is 18.4 Å². The Kier molecular flexibility index (Phi) is 6.53. The fourth-order valence-electron chi connectivity index (χ4n) is 2.00. The monoisotopic (exact) mass is 263 g/mol. The largest absolute Gasteiger partial charge is 0.326 e. The van der Waals surface area contributed by atoms with Crippen molar-refractivity contribution >= 4 is 11.6 Å². The van der Waals surface area contributed by atoms with Crippen molar-refractivity contribution < 1.29 is 4.79 Å². The standard InChI is InChI=1S/C15H25N3O/c1-4-9-18(12(2)3)11-15(19)17-14-8-6-5-7-13(14)10-16/h5-8,12H,4,9-11,16H2,1-3H3,(H,17,19). The normalized spacial score (nSPS) is 11.1. The number of para-hydroxylation sites is 1. The van der Waals surface area contributed by atoms with Crippen molar-refractivity contribution in [1.29, 1.82) is 0 Å². The quantitative estimate of drug-likeness (QED) is 0.793. The van der Waals surface area contributed by atoms with Crippen molar-refractivity contribution in [2.45, 2.75) is 39.8 Å². The topological polar surface area (TPSA) is 58.4 Å². The number of nitrogens with one attached hydrogen (secondary N) is 1. The van der Waals surface area contributed by atoms with Gasteiger partial charge in [-0.2, -0.15) is 0 Å². The summed E-state index contributed by atoms with van der Waals surface area (Å²) in [4.78, 5) is 14.2. The molecule has 1 aromatic carbocycles. The van der Waals surface area contributed by atoms with Crippen molar-refractivity contribution in [1.82, 2.24) is 4.90 Å². The molecule has 0 unspecified atom stereocenters. The predicted octanol–water partition coefficient (Wildman–Crippen LogP) is 2.20. The van der Waals surface area contributed by atoms with E-state index in [0.717, 1.165) is 24.2 Å². The van der Waals surface area contributed by atoms with Crippen LogP contribution in [0.25, 0.3) is 0 Å². The first-order valence-electron chi connectivity index (χ1n) is 6.90. The van der Waals surface area contributed by atoms with Crippen LogP contribution in [0.15, 0.2) is 24.3 Å². The van der Waals surface area contributed by atoms with Crippen LogP contribution in [0, 0.1) is 0 Å². The van der Waals surface area contributed by atoms with Gasteiger partial charge in [-0.05, 0) is 38.4 Å². The zero-order valence-corrected chi connectivity index (χ0v) is 12.1. The number of carbonyl (C=O) groups is 1. The van der Waals surface area contributed by atoms with Crippen LogP contribution in [-0.4, -0.2) is 29.9 Å². The van der Waals surface area contributed by atoms with Gasteiger partial charge in [-0.3, -0.25) is 9.69 Å². The number of benzene rings is 1. The summed E-state index contributed by atoms with van der Waals surface area (Å²) in [6.45, 7) is 8.12. The number of hydrogen-bond donors (Lipinski definition) is 2. The number of nitrogens with zero attached hydrogens (tertiary/aromatic N) is 1. The summed E-state index contributed by atoms with van der Waals surface area (Å²) in [5, 5.41) is 2.94. The molecule has 4 heteroatoms. The molecule has 4 nitrogen and oxygen atoms in total. The van der Waals surface area contributed by atoms with Gasteiger partial charge < -0.3 is 11.1 Å². The van der Waals surface area contributed by atoms with Crippen molar-refractivity contribution in [3.05, 3.63) is 29.8 Å². The molecule has 0 saturated carbocycles. The number of rotatable bonds is 7. The molecule has 0 aliphatic carbocycles. The molecule has 1 rings (SSSR count). The molecule has 0 bridgehead atoms. The maximum absolute atomic E-state index is 12.1. The fourth-order valence-corrected chi connectivity index (χ4v) is 2.00. The number of amides is 1. The van der Waals surface area contributed by atoms with Gasteiger partial charge in [0, 0.05) is 18.3 Å². The minimum absolute atomic E-state index is 0.0167. The molecule has 0 saturated heterocycles. The molecular formula is C15H25N3O. The van der Waals surface area contributed by atoms with Crippen LogP contribution < -0.4 is 11.1 Å². The lowest BCUT2D eigenvalue weighted by Crippen LogP contribution is -2.38. The molecule has 1 amide bonds. The molecule has 0 heterocycles. The van der Waals surface area contributed by atoms with Crippen molar-refractivity contribution in [2.24, 2.45) is 5.73 Å². The smallest absolute Gasteiger partial charge is 0.238 e. The fraction of sp³-hybridized carbons (Fsp3) is 0.533. The summed E-state index contributed by atoms with van der Waals surface area (Å²) >= 11 is 0. The first-order chi connectivity index (χ1) is 9.08. The van der Waals surface area contributed by atoms with Crippen LogP contribution in [0.1, 0.15) is 32.8 Å². The van der Waals surface area contributed by atoms with E-state index in [0.29, 0.717) is 19.1 Å². The lowest BCUT2D eigenvalue weighted by Gasteiger charge is -2.25. The van der Waals surface area contributed by atoms with E-state index in [1.807, 2.05) is 24.3 Å². The minimum Gasteiger partial charge on any atom is -0.326 e. The molecule has 106 valence electrons. The molecule has 0 aliphatic rings. The summed E-state index contributed by atoms with van der Waals surface area (Å²) in [6.07, 6.45) is 1.05. The van der Waals surface area contributed by atoms with E-state index in [9.17, 15) is 4.79 Å². The maximum Gasteiger partial charge on any atom is 0.238 e. The van der Waals surface area contributed by atoms with E-state index in [-0.39, 0.29) is 5.91 Å².